The molecule has 0 spiro atoms. The van der Waals surface area contributed by atoms with Crippen LogP contribution < -0.4 is 10.5 Å². The second-order valence-corrected chi connectivity index (χ2v) is 7.43. The average molecular weight is 336 g/mol. The van der Waals surface area contributed by atoms with Crippen LogP contribution in [-0.4, -0.2) is 20.5 Å². The standard InChI is InChI=1S/C14H19F3N2O2S/c1-10-4-5-11(14(15,16)17)8-12(10)22(20,21)19-13(9-18)6-2-3-7-13/h4-5,8,19H,2-3,6-7,9,18H2,1H3. The summed E-state index contributed by atoms with van der Waals surface area (Å²) in [5.41, 5.74) is 4.22. The molecule has 1 aliphatic carbocycles. The van der Waals surface area contributed by atoms with E-state index in [1.165, 1.54) is 13.0 Å². The molecule has 0 radical (unpaired) electrons. The molecule has 2 rings (SSSR count). The Kier molecular flexibility index (Phi) is 4.56. The first-order valence-electron chi connectivity index (χ1n) is 7.02. The van der Waals surface area contributed by atoms with E-state index in [-0.39, 0.29) is 17.0 Å². The van der Waals surface area contributed by atoms with E-state index < -0.39 is 27.3 Å². The van der Waals surface area contributed by atoms with Crippen LogP contribution in [0.5, 0.6) is 0 Å². The van der Waals surface area contributed by atoms with Gasteiger partial charge in [0.05, 0.1) is 10.5 Å². The van der Waals surface area contributed by atoms with Crippen LogP contribution in [0.25, 0.3) is 0 Å². The fraction of sp³-hybridized carbons (Fsp3) is 0.571. The van der Waals surface area contributed by atoms with Gasteiger partial charge in [0.25, 0.3) is 0 Å². The molecule has 0 heterocycles. The Balaban J connectivity index is 2.41. The van der Waals surface area contributed by atoms with Gasteiger partial charge in [0.1, 0.15) is 0 Å². The maximum Gasteiger partial charge on any atom is 0.416 e. The Hall–Kier alpha value is -1.12. The van der Waals surface area contributed by atoms with Crippen molar-refractivity contribution in [1.29, 1.82) is 0 Å². The van der Waals surface area contributed by atoms with Crippen molar-refractivity contribution in [3.05, 3.63) is 29.3 Å². The van der Waals surface area contributed by atoms with Crippen LogP contribution in [0.1, 0.15) is 36.8 Å². The Bertz CT molecular complexity index is 651. The van der Waals surface area contributed by atoms with Crippen molar-refractivity contribution in [2.75, 3.05) is 6.54 Å². The number of halogens is 3. The lowest BCUT2D eigenvalue weighted by Crippen LogP contribution is -2.51. The van der Waals surface area contributed by atoms with Gasteiger partial charge in [-0.15, -0.1) is 0 Å². The highest BCUT2D eigenvalue weighted by Crippen LogP contribution is 2.34. The molecule has 8 heteroatoms. The summed E-state index contributed by atoms with van der Waals surface area (Å²) in [4.78, 5) is -0.345. The predicted molar refractivity (Wildman–Crippen MR) is 76.8 cm³/mol. The van der Waals surface area contributed by atoms with Crippen molar-refractivity contribution in [3.8, 4) is 0 Å². The van der Waals surface area contributed by atoms with E-state index in [1.807, 2.05) is 0 Å². The van der Waals surface area contributed by atoms with Crippen LogP contribution in [0.2, 0.25) is 0 Å². The van der Waals surface area contributed by atoms with Gasteiger partial charge < -0.3 is 5.73 Å². The van der Waals surface area contributed by atoms with Gasteiger partial charge in [-0.1, -0.05) is 18.9 Å². The molecule has 124 valence electrons. The largest absolute Gasteiger partial charge is 0.416 e. The normalized spacial score (nSPS) is 18.6. The van der Waals surface area contributed by atoms with Crippen LogP contribution in [0, 0.1) is 6.92 Å². The molecule has 0 saturated heterocycles. The number of rotatable bonds is 4. The zero-order valence-electron chi connectivity index (χ0n) is 12.2. The molecular formula is C14H19F3N2O2S. The molecule has 0 unspecified atom stereocenters. The van der Waals surface area contributed by atoms with E-state index in [0.29, 0.717) is 18.9 Å². The highest BCUT2D eigenvalue weighted by atomic mass is 32.2. The monoisotopic (exact) mass is 336 g/mol. The van der Waals surface area contributed by atoms with Gasteiger partial charge in [-0.25, -0.2) is 13.1 Å². The number of hydrogen-bond acceptors (Lipinski definition) is 3. The molecule has 22 heavy (non-hydrogen) atoms. The van der Waals surface area contributed by atoms with Crippen LogP contribution in [0.15, 0.2) is 23.1 Å². The quantitative estimate of drug-likeness (QED) is 0.888. The minimum atomic E-state index is -4.59. The minimum Gasteiger partial charge on any atom is -0.329 e. The van der Waals surface area contributed by atoms with E-state index in [1.54, 1.807) is 0 Å². The summed E-state index contributed by atoms with van der Waals surface area (Å²) in [6.45, 7) is 1.60. The number of alkyl halides is 3. The molecule has 1 aromatic rings. The Morgan fingerprint density at radius 2 is 1.86 bits per heavy atom. The average Bonchev–Trinajstić information content (AvgIpc) is 2.86. The third kappa shape index (κ3) is 3.44. The topological polar surface area (TPSA) is 72.2 Å². The van der Waals surface area contributed by atoms with E-state index >= 15 is 0 Å². The Labute approximate surface area is 127 Å². The Morgan fingerprint density at radius 3 is 2.36 bits per heavy atom. The molecule has 1 aliphatic rings. The number of nitrogens with one attached hydrogen (secondary N) is 1. The van der Waals surface area contributed by atoms with Crippen molar-refractivity contribution in [3.63, 3.8) is 0 Å². The molecule has 0 aliphatic heterocycles. The summed E-state index contributed by atoms with van der Waals surface area (Å²) in [5.74, 6) is 0. The van der Waals surface area contributed by atoms with Crippen molar-refractivity contribution in [2.45, 2.75) is 49.2 Å². The fourth-order valence-corrected chi connectivity index (χ4v) is 4.55. The van der Waals surface area contributed by atoms with Crippen molar-refractivity contribution in [2.24, 2.45) is 5.73 Å². The molecule has 4 nitrogen and oxygen atoms in total. The lowest BCUT2D eigenvalue weighted by Gasteiger charge is -2.28. The summed E-state index contributed by atoms with van der Waals surface area (Å²) in [5, 5.41) is 0. The SMILES string of the molecule is Cc1ccc(C(F)(F)F)cc1S(=O)(=O)NC1(CN)CCCC1. The second-order valence-electron chi connectivity index (χ2n) is 5.78. The molecule has 0 atom stereocenters. The summed E-state index contributed by atoms with van der Waals surface area (Å²) in [6.07, 6.45) is -1.69. The molecular weight excluding hydrogens is 317 g/mol. The first kappa shape index (κ1) is 17.2. The highest BCUT2D eigenvalue weighted by Gasteiger charge is 2.38. The van der Waals surface area contributed by atoms with Crippen LogP contribution in [-0.2, 0) is 16.2 Å². The van der Waals surface area contributed by atoms with Crippen LogP contribution >= 0.6 is 0 Å². The van der Waals surface area contributed by atoms with Gasteiger partial charge in [0.2, 0.25) is 10.0 Å². The molecule has 1 fully saturated rings. The third-order valence-electron chi connectivity index (χ3n) is 4.11. The number of aryl methyl sites for hydroxylation is 1. The van der Waals surface area contributed by atoms with Gasteiger partial charge in [-0.05, 0) is 37.5 Å². The maximum absolute atomic E-state index is 12.8. The molecule has 0 aromatic heterocycles. The molecule has 1 saturated carbocycles. The molecule has 0 bridgehead atoms. The van der Waals surface area contributed by atoms with E-state index in [0.717, 1.165) is 18.9 Å². The lowest BCUT2D eigenvalue weighted by molar-refractivity contribution is -0.137. The van der Waals surface area contributed by atoms with Gasteiger partial charge in [0, 0.05) is 12.1 Å². The number of sulfonamides is 1. The van der Waals surface area contributed by atoms with Crippen molar-refractivity contribution in [1.82, 2.24) is 4.72 Å². The summed E-state index contributed by atoms with van der Waals surface area (Å²) >= 11 is 0. The number of benzene rings is 1. The lowest BCUT2D eigenvalue weighted by atomic mass is 10.0. The summed E-state index contributed by atoms with van der Waals surface area (Å²) in [7, 11) is -4.06. The Morgan fingerprint density at radius 1 is 1.27 bits per heavy atom. The zero-order valence-corrected chi connectivity index (χ0v) is 13.0. The number of nitrogens with two attached hydrogens (primary N) is 1. The van der Waals surface area contributed by atoms with E-state index in [9.17, 15) is 21.6 Å². The van der Waals surface area contributed by atoms with Crippen molar-refractivity contribution < 1.29 is 21.6 Å². The van der Waals surface area contributed by atoms with Gasteiger partial charge >= 0.3 is 6.18 Å². The molecule has 3 N–H and O–H groups in total. The first-order chi connectivity index (χ1) is 10.1. The zero-order chi connectivity index (χ0) is 16.6. The van der Waals surface area contributed by atoms with Crippen LogP contribution in [0.4, 0.5) is 13.2 Å². The van der Waals surface area contributed by atoms with Gasteiger partial charge in [-0.2, -0.15) is 13.2 Å². The van der Waals surface area contributed by atoms with E-state index in [4.69, 9.17) is 5.73 Å². The molecule has 1 aromatic carbocycles. The predicted octanol–water partition coefficient (Wildman–Crippen LogP) is 2.56. The summed E-state index contributed by atoms with van der Waals surface area (Å²) in [6, 6.07) is 2.72. The van der Waals surface area contributed by atoms with Crippen molar-refractivity contribution >= 4 is 10.0 Å². The first-order valence-corrected chi connectivity index (χ1v) is 8.50. The second kappa shape index (κ2) is 5.82. The maximum atomic E-state index is 12.8. The van der Waals surface area contributed by atoms with Crippen LogP contribution in [0.3, 0.4) is 0 Å². The molecule has 0 amide bonds. The third-order valence-corrected chi connectivity index (χ3v) is 5.83. The van der Waals surface area contributed by atoms with Gasteiger partial charge in [-0.3, -0.25) is 0 Å². The summed E-state index contributed by atoms with van der Waals surface area (Å²) < 4.78 is 66.0. The smallest absolute Gasteiger partial charge is 0.329 e. The number of hydrogen-bond donors (Lipinski definition) is 2. The van der Waals surface area contributed by atoms with Gasteiger partial charge in [0.15, 0.2) is 0 Å². The fourth-order valence-electron chi connectivity index (χ4n) is 2.81. The van der Waals surface area contributed by atoms with E-state index in [2.05, 4.69) is 4.72 Å². The highest BCUT2D eigenvalue weighted by molar-refractivity contribution is 7.89. The minimum absolute atomic E-state index is 0.129.